The lowest BCUT2D eigenvalue weighted by Crippen LogP contribution is -2.03. The minimum atomic E-state index is 0.413. The lowest BCUT2D eigenvalue weighted by atomic mass is 10.1. The van der Waals surface area contributed by atoms with Crippen LogP contribution in [0.25, 0.3) is 0 Å². The van der Waals surface area contributed by atoms with Crippen LogP contribution in [0.15, 0.2) is 34.8 Å². The Labute approximate surface area is 127 Å². The highest BCUT2D eigenvalue weighted by Gasteiger charge is 2.09. The van der Waals surface area contributed by atoms with Crippen molar-refractivity contribution in [3.05, 3.63) is 51.5 Å². The van der Waals surface area contributed by atoms with Gasteiger partial charge in [0.2, 0.25) is 0 Å². The Kier molecular flexibility index (Phi) is 4.55. The first-order chi connectivity index (χ1) is 9.51. The second kappa shape index (κ2) is 6.18. The maximum atomic E-state index is 6.02. The highest BCUT2D eigenvalue weighted by molar-refractivity contribution is 9.10. The first-order valence-corrected chi connectivity index (χ1v) is 7.12. The summed E-state index contributed by atoms with van der Waals surface area (Å²) in [6.07, 6.45) is 0. The Morgan fingerprint density at radius 1 is 1.15 bits per heavy atom. The number of nitrogens with two attached hydrogens (primary N) is 1. The van der Waals surface area contributed by atoms with Crippen molar-refractivity contribution in [2.75, 3.05) is 12.8 Å². The molecule has 0 saturated heterocycles. The number of aryl methyl sites for hydroxylation is 2. The van der Waals surface area contributed by atoms with Crippen LogP contribution in [0.2, 0.25) is 0 Å². The molecule has 0 heterocycles. The molecular weight excluding hydrogens is 318 g/mol. The standard InChI is InChI=1S/C16H18BrNO2/c1-10-6-11(2)16(14(18)7-10)20-9-12-8-13(17)4-5-15(12)19-3/h4-8H,9,18H2,1-3H3. The average Bonchev–Trinajstić information content (AvgIpc) is 2.37. The predicted molar refractivity (Wildman–Crippen MR) is 85.4 cm³/mol. The minimum Gasteiger partial charge on any atom is -0.496 e. The Bertz CT molecular complexity index is 603. The summed E-state index contributed by atoms with van der Waals surface area (Å²) < 4.78 is 12.2. The molecule has 2 rings (SSSR count). The molecule has 106 valence electrons. The highest BCUT2D eigenvalue weighted by atomic mass is 79.9. The Morgan fingerprint density at radius 2 is 1.90 bits per heavy atom. The molecule has 0 aliphatic heterocycles. The van der Waals surface area contributed by atoms with E-state index < -0.39 is 0 Å². The van der Waals surface area contributed by atoms with Crippen LogP contribution in [0, 0.1) is 13.8 Å². The zero-order chi connectivity index (χ0) is 14.7. The fraction of sp³-hybridized carbons (Fsp3) is 0.250. The van der Waals surface area contributed by atoms with Crippen LogP contribution in [0.5, 0.6) is 11.5 Å². The van der Waals surface area contributed by atoms with E-state index in [0.717, 1.165) is 32.7 Å². The van der Waals surface area contributed by atoms with Crippen LogP contribution >= 0.6 is 15.9 Å². The molecule has 0 atom stereocenters. The molecule has 0 fully saturated rings. The number of hydrogen-bond donors (Lipinski definition) is 1. The van der Waals surface area contributed by atoms with Gasteiger partial charge in [-0.3, -0.25) is 0 Å². The second-order valence-electron chi connectivity index (χ2n) is 4.75. The molecule has 20 heavy (non-hydrogen) atoms. The molecule has 0 aliphatic carbocycles. The molecule has 0 aromatic heterocycles. The molecule has 2 aromatic rings. The smallest absolute Gasteiger partial charge is 0.145 e. The number of methoxy groups -OCH3 is 1. The first kappa shape index (κ1) is 14.7. The monoisotopic (exact) mass is 335 g/mol. The molecule has 0 unspecified atom stereocenters. The molecule has 0 spiro atoms. The molecule has 0 radical (unpaired) electrons. The summed E-state index contributed by atoms with van der Waals surface area (Å²) in [5, 5.41) is 0. The number of benzene rings is 2. The van der Waals surface area contributed by atoms with Crippen LogP contribution < -0.4 is 15.2 Å². The van der Waals surface area contributed by atoms with Gasteiger partial charge in [-0.1, -0.05) is 22.0 Å². The average molecular weight is 336 g/mol. The third-order valence-electron chi connectivity index (χ3n) is 3.06. The SMILES string of the molecule is COc1ccc(Br)cc1COc1c(C)cc(C)cc1N. The summed E-state index contributed by atoms with van der Waals surface area (Å²) in [6, 6.07) is 9.81. The summed E-state index contributed by atoms with van der Waals surface area (Å²) in [7, 11) is 1.65. The molecule has 3 nitrogen and oxygen atoms in total. The summed E-state index contributed by atoms with van der Waals surface area (Å²) >= 11 is 3.45. The fourth-order valence-electron chi connectivity index (χ4n) is 2.19. The van der Waals surface area contributed by atoms with Crippen LogP contribution in [0.1, 0.15) is 16.7 Å². The Hall–Kier alpha value is -1.68. The van der Waals surface area contributed by atoms with E-state index in [0.29, 0.717) is 12.3 Å². The second-order valence-corrected chi connectivity index (χ2v) is 5.66. The molecule has 0 aliphatic rings. The van der Waals surface area contributed by atoms with Gasteiger partial charge in [0, 0.05) is 10.0 Å². The molecule has 0 bridgehead atoms. The number of rotatable bonds is 4. The van der Waals surface area contributed by atoms with Gasteiger partial charge in [0.25, 0.3) is 0 Å². The molecule has 0 amide bonds. The number of halogens is 1. The summed E-state index contributed by atoms with van der Waals surface area (Å²) in [4.78, 5) is 0. The summed E-state index contributed by atoms with van der Waals surface area (Å²) in [6.45, 7) is 4.43. The normalized spacial score (nSPS) is 10.4. The first-order valence-electron chi connectivity index (χ1n) is 6.33. The van der Waals surface area contributed by atoms with Crippen molar-refractivity contribution < 1.29 is 9.47 Å². The van der Waals surface area contributed by atoms with Gasteiger partial charge in [0.05, 0.1) is 12.8 Å². The topological polar surface area (TPSA) is 44.5 Å². The van der Waals surface area contributed by atoms with Gasteiger partial charge in [0.15, 0.2) is 0 Å². The maximum Gasteiger partial charge on any atom is 0.145 e. The van der Waals surface area contributed by atoms with Crippen molar-refractivity contribution in [3.8, 4) is 11.5 Å². The van der Waals surface area contributed by atoms with Gasteiger partial charge >= 0.3 is 0 Å². The zero-order valence-corrected chi connectivity index (χ0v) is 13.5. The van der Waals surface area contributed by atoms with Crippen molar-refractivity contribution >= 4 is 21.6 Å². The highest BCUT2D eigenvalue weighted by Crippen LogP contribution is 2.30. The third kappa shape index (κ3) is 3.25. The molecular formula is C16H18BrNO2. The molecule has 2 aromatic carbocycles. The van der Waals surface area contributed by atoms with E-state index in [4.69, 9.17) is 15.2 Å². The number of anilines is 1. The van der Waals surface area contributed by atoms with Crippen molar-refractivity contribution in [1.82, 2.24) is 0 Å². The Balaban J connectivity index is 2.23. The van der Waals surface area contributed by atoms with Gasteiger partial charge in [-0.2, -0.15) is 0 Å². The summed E-state index contributed by atoms with van der Waals surface area (Å²) in [5.41, 5.74) is 9.83. The quantitative estimate of drug-likeness (QED) is 0.850. The lowest BCUT2D eigenvalue weighted by molar-refractivity contribution is 0.296. The molecule has 4 heteroatoms. The maximum absolute atomic E-state index is 6.02. The number of hydrogen-bond acceptors (Lipinski definition) is 3. The van der Waals surface area contributed by atoms with E-state index in [1.54, 1.807) is 7.11 Å². The fourth-order valence-corrected chi connectivity index (χ4v) is 2.60. The van der Waals surface area contributed by atoms with E-state index in [1.807, 2.05) is 38.1 Å². The van der Waals surface area contributed by atoms with Gasteiger partial charge in [-0.05, 0) is 49.2 Å². The summed E-state index contributed by atoms with van der Waals surface area (Å²) in [5.74, 6) is 1.54. The Morgan fingerprint density at radius 3 is 2.55 bits per heavy atom. The van der Waals surface area contributed by atoms with Crippen LogP contribution in [0.4, 0.5) is 5.69 Å². The van der Waals surface area contributed by atoms with E-state index in [-0.39, 0.29) is 0 Å². The lowest BCUT2D eigenvalue weighted by Gasteiger charge is -2.14. The molecule has 2 N–H and O–H groups in total. The van der Waals surface area contributed by atoms with Crippen molar-refractivity contribution in [2.24, 2.45) is 0 Å². The van der Waals surface area contributed by atoms with Crippen molar-refractivity contribution in [1.29, 1.82) is 0 Å². The van der Waals surface area contributed by atoms with E-state index in [2.05, 4.69) is 22.0 Å². The number of ether oxygens (including phenoxy) is 2. The van der Waals surface area contributed by atoms with Gasteiger partial charge in [0.1, 0.15) is 18.1 Å². The van der Waals surface area contributed by atoms with Crippen LogP contribution in [-0.2, 0) is 6.61 Å². The van der Waals surface area contributed by atoms with Crippen LogP contribution in [-0.4, -0.2) is 7.11 Å². The van der Waals surface area contributed by atoms with Gasteiger partial charge < -0.3 is 15.2 Å². The third-order valence-corrected chi connectivity index (χ3v) is 3.56. The van der Waals surface area contributed by atoms with Crippen molar-refractivity contribution in [3.63, 3.8) is 0 Å². The molecule has 0 saturated carbocycles. The van der Waals surface area contributed by atoms with Gasteiger partial charge in [-0.15, -0.1) is 0 Å². The van der Waals surface area contributed by atoms with Crippen LogP contribution in [0.3, 0.4) is 0 Å². The van der Waals surface area contributed by atoms with E-state index >= 15 is 0 Å². The van der Waals surface area contributed by atoms with E-state index in [9.17, 15) is 0 Å². The predicted octanol–water partition coefficient (Wildman–Crippen LogP) is 4.24. The van der Waals surface area contributed by atoms with Gasteiger partial charge in [-0.25, -0.2) is 0 Å². The van der Waals surface area contributed by atoms with Crippen molar-refractivity contribution in [2.45, 2.75) is 20.5 Å². The largest absolute Gasteiger partial charge is 0.496 e. The minimum absolute atomic E-state index is 0.413. The number of nitrogen functional groups attached to an aromatic ring is 1. The van der Waals surface area contributed by atoms with E-state index in [1.165, 1.54) is 0 Å². The zero-order valence-electron chi connectivity index (χ0n) is 11.9.